The Balaban J connectivity index is 1.24. The van der Waals surface area contributed by atoms with Gasteiger partial charge in [0.2, 0.25) is 11.8 Å². The van der Waals surface area contributed by atoms with E-state index in [4.69, 9.17) is 4.52 Å². The molecule has 1 atom stereocenters. The van der Waals surface area contributed by atoms with Crippen LogP contribution < -0.4 is 5.32 Å². The number of hydrogen-bond donors (Lipinski definition) is 1. The molecule has 0 bridgehead atoms. The number of nitrogens with zero attached hydrogens (tertiary/aromatic N) is 3. The SMILES string of the molecule is Cc1cc(CC(=O)N2CCC(N3CCC[C@H](C(=O)NC4CC4)C3)CC2)on1. The second kappa shape index (κ2) is 8.00. The molecule has 1 aromatic rings. The lowest BCUT2D eigenvalue weighted by atomic mass is 9.93. The van der Waals surface area contributed by atoms with Crippen molar-refractivity contribution in [3.63, 3.8) is 0 Å². The van der Waals surface area contributed by atoms with Gasteiger partial charge in [0.1, 0.15) is 5.76 Å². The summed E-state index contributed by atoms with van der Waals surface area (Å²) < 4.78 is 5.16. The highest BCUT2D eigenvalue weighted by Gasteiger charge is 2.34. The van der Waals surface area contributed by atoms with Gasteiger partial charge >= 0.3 is 0 Å². The number of rotatable bonds is 5. The van der Waals surface area contributed by atoms with Crippen LogP contribution in [0.25, 0.3) is 0 Å². The first kappa shape index (κ1) is 18.5. The molecule has 2 aliphatic heterocycles. The van der Waals surface area contributed by atoms with E-state index < -0.39 is 0 Å². The Bertz CT molecular complexity index is 677. The minimum atomic E-state index is 0.116. The van der Waals surface area contributed by atoms with E-state index in [0.717, 1.165) is 70.4 Å². The second-order valence-electron chi connectivity index (χ2n) is 8.34. The van der Waals surface area contributed by atoms with Crippen molar-refractivity contribution in [2.45, 2.75) is 64.0 Å². The minimum absolute atomic E-state index is 0.116. The van der Waals surface area contributed by atoms with E-state index in [9.17, 15) is 9.59 Å². The smallest absolute Gasteiger partial charge is 0.230 e. The molecule has 1 aromatic heterocycles. The summed E-state index contributed by atoms with van der Waals surface area (Å²) in [6.07, 6.45) is 6.63. The van der Waals surface area contributed by atoms with Gasteiger partial charge < -0.3 is 14.7 Å². The van der Waals surface area contributed by atoms with Gasteiger partial charge in [0, 0.05) is 37.8 Å². The summed E-state index contributed by atoms with van der Waals surface area (Å²) >= 11 is 0. The Morgan fingerprint density at radius 3 is 2.63 bits per heavy atom. The fraction of sp³-hybridized carbons (Fsp3) is 0.750. The zero-order valence-electron chi connectivity index (χ0n) is 16.2. The predicted molar refractivity (Wildman–Crippen MR) is 100 cm³/mol. The predicted octanol–water partition coefficient (Wildman–Crippen LogP) is 1.51. The van der Waals surface area contributed by atoms with Gasteiger partial charge in [0.15, 0.2) is 0 Å². The van der Waals surface area contributed by atoms with Crippen molar-refractivity contribution < 1.29 is 14.1 Å². The summed E-state index contributed by atoms with van der Waals surface area (Å²) in [5.41, 5.74) is 0.807. The number of amides is 2. The molecule has 3 fully saturated rings. The van der Waals surface area contributed by atoms with Gasteiger partial charge in [0.05, 0.1) is 18.0 Å². The summed E-state index contributed by atoms with van der Waals surface area (Å²) in [4.78, 5) is 29.3. The van der Waals surface area contributed by atoms with E-state index in [1.54, 1.807) is 0 Å². The molecule has 148 valence electrons. The van der Waals surface area contributed by atoms with E-state index in [1.807, 2.05) is 17.9 Å². The maximum Gasteiger partial charge on any atom is 0.230 e. The molecule has 0 aromatic carbocycles. The van der Waals surface area contributed by atoms with Crippen molar-refractivity contribution in [3.8, 4) is 0 Å². The fourth-order valence-corrected chi connectivity index (χ4v) is 4.34. The van der Waals surface area contributed by atoms with Gasteiger partial charge in [-0.05, 0) is 52.0 Å². The molecular formula is C20H30N4O3. The number of nitrogens with one attached hydrogen (secondary N) is 1. The third kappa shape index (κ3) is 4.69. The number of piperidine rings is 2. The van der Waals surface area contributed by atoms with Crippen LogP contribution in [0.4, 0.5) is 0 Å². The van der Waals surface area contributed by atoms with Crippen molar-refractivity contribution in [1.82, 2.24) is 20.3 Å². The van der Waals surface area contributed by atoms with Gasteiger partial charge in [-0.2, -0.15) is 0 Å². The van der Waals surface area contributed by atoms with Crippen LogP contribution >= 0.6 is 0 Å². The summed E-state index contributed by atoms with van der Waals surface area (Å²) in [6.45, 7) is 5.37. The van der Waals surface area contributed by atoms with E-state index in [2.05, 4.69) is 15.4 Å². The van der Waals surface area contributed by atoms with Crippen LogP contribution in [0.1, 0.15) is 50.0 Å². The van der Waals surface area contributed by atoms with Crippen LogP contribution in [0.2, 0.25) is 0 Å². The highest BCUT2D eigenvalue weighted by molar-refractivity contribution is 5.79. The number of aromatic nitrogens is 1. The van der Waals surface area contributed by atoms with E-state index in [0.29, 0.717) is 24.3 Å². The molecule has 4 rings (SSSR count). The molecule has 3 heterocycles. The Morgan fingerprint density at radius 2 is 1.96 bits per heavy atom. The Hall–Kier alpha value is -1.89. The largest absolute Gasteiger partial charge is 0.361 e. The summed E-state index contributed by atoms with van der Waals surface area (Å²) in [7, 11) is 0. The lowest BCUT2D eigenvalue weighted by Gasteiger charge is -2.42. The molecule has 7 nitrogen and oxygen atoms in total. The van der Waals surface area contributed by atoms with Crippen molar-refractivity contribution >= 4 is 11.8 Å². The average molecular weight is 374 g/mol. The fourth-order valence-electron chi connectivity index (χ4n) is 4.34. The first-order valence-corrected chi connectivity index (χ1v) is 10.3. The Labute approximate surface area is 160 Å². The number of carbonyl (C=O) groups is 2. The molecule has 2 saturated heterocycles. The number of aryl methyl sites for hydroxylation is 1. The molecule has 0 radical (unpaired) electrons. The van der Waals surface area contributed by atoms with Gasteiger partial charge in [-0.25, -0.2) is 0 Å². The van der Waals surface area contributed by atoms with E-state index in [1.165, 1.54) is 0 Å². The third-order valence-electron chi connectivity index (χ3n) is 6.08. The summed E-state index contributed by atoms with van der Waals surface area (Å²) in [5, 5.41) is 7.01. The van der Waals surface area contributed by atoms with Crippen LogP contribution in [0.5, 0.6) is 0 Å². The van der Waals surface area contributed by atoms with Crippen LogP contribution in [0.3, 0.4) is 0 Å². The number of hydrogen-bond acceptors (Lipinski definition) is 5. The van der Waals surface area contributed by atoms with Crippen molar-refractivity contribution in [2.24, 2.45) is 5.92 Å². The number of likely N-dealkylation sites (tertiary alicyclic amines) is 2. The zero-order chi connectivity index (χ0) is 18.8. The number of carbonyl (C=O) groups excluding carboxylic acids is 2. The van der Waals surface area contributed by atoms with Crippen LogP contribution in [-0.4, -0.2) is 65.0 Å². The molecule has 0 spiro atoms. The van der Waals surface area contributed by atoms with Crippen LogP contribution in [-0.2, 0) is 16.0 Å². The topological polar surface area (TPSA) is 78.7 Å². The first-order valence-electron chi connectivity index (χ1n) is 10.3. The molecule has 3 aliphatic rings. The van der Waals surface area contributed by atoms with E-state index >= 15 is 0 Å². The Kier molecular flexibility index (Phi) is 5.48. The average Bonchev–Trinajstić information content (AvgIpc) is 3.41. The zero-order valence-corrected chi connectivity index (χ0v) is 16.2. The van der Waals surface area contributed by atoms with Crippen LogP contribution in [0, 0.1) is 12.8 Å². The highest BCUT2D eigenvalue weighted by atomic mass is 16.5. The molecule has 1 saturated carbocycles. The maximum absolute atomic E-state index is 12.5. The second-order valence-corrected chi connectivity index (χ2v) is 8.34. The van der Waals surface area contributed by atoms with Gasteiger partial charge in [-0.3, -0.25) is 14.5 Å². The normalized spacial score (nSPS) is 24.8. The van der Waals surface area contributed by atoms with Gasteiger partial charge in [-0.1, -0.05) is 5.16 Å². The molecule has 27 heavy (non-hydrogen) atoms. The van der Waals surface area contributed by atoms with Crippen molar-refractivity contribution in [3.05, 3.63) is 17.5 Å². The molecular weight excluding hydrogens is 344 g/mol. The maximum atomic E-state index is 12.5. The molecule has 2 amide bonds. The minimum Gasteiger partial charge on any atom is -0.361 e. The molecule has 7 heteroatoms. The van der Waals surface area contributed by atoms with Gasteiger partial charge in [-0.15, -0.1) is 0 Å². The van der Waals surface area contributed by atoms with Crippen LogP contribution in [0.15, 0.2) is 10.6 Å². The standard InChI is InChI=1S/C20H30N4O3/c1-14-11-18(27-22-14)12-19(25)23-9-6-17(7-10-23)24-8-2-3-15(13-24)20(26)21-16-4-5-16/h11,15-17H,2-10,12-13H2,1H3,(H,21,26)/t15-/m0/s1. The van der Waals surface area contributed by atoms with Gasteiger partial charge in [0.25, 0.3) is 0 Å². The first-order chi connectivity index (χ1) is 13.1. The molecule has 1 aliphatic carbocycles. The van der Waals surface area contributed by atoms with E-state index in [-0.39, 0.29) is 17.7 Å². The summed E-state index contributed by atoms with van der Waals surface area (Å²) in [5.74, 6) is 1.14. The third-order valence-corrected chi connectivity index (χ3v) is 6.08. The lowest BCUT2D eigenvalue weighted by Crippen LogP contribution is -2.51. The monoisotopic (exact) mass is 374 g/mol. The highest BCUT2D eigenvalue weighted by Crippen LogP contribution is 2.26. The summed E-state index contributed by atoms with van der Waals surface area (Å²) in [6, 6.07) is 2.75. The molecule has 1 N–H and O–H groups in total. The van der Waals surface area contributed by atoms with Crippen molar-refractivity contribution in [2.75, 3.05) is 26.2 Å². The molecule has 0 unspecified atom stereocenters. The van der Waals surface area contributed by atoms with Crippen molar-refractivity contribution in [1.29, 1.82) is 0 Å². The quantitative estimate of drug-likeness (QED) is 0.845. The lowest BCUT2D eigenvalue weighted by molar-refractivity contribution is -0.132. The Morgan fingerprint density at radius 1 is 1.19 bits per heavy atom.